The first-order chi connectivity index (χ1) is 12.9. The van der Waals surface area contributed by atoms with E-state index in [1.807, 2.05) is 48.5 Å². The quantitative estimate of drug-likeness (QED) is 0.557. The summed E-state index contributed by atoms with van der Waals surface area (Å²) in [4.78, 5) is 4.13. The monoisotopic (exact) mass is 348 g/mol. The molecule has 3 rings (SSSR count). The molecule has 2 aromatic carbocycles. The fourth-order valence-electron chi connectivity index (χ4n) is 2.48. The lowest BCUT2D eigenvalue weighted by atomic mass is 10.2. The van der Waals surface area contributed by atoms with Gasteiger partial charge in [0, 0.05) is 18.8 Å². The lowest BCUT2D eigenvalue weighted by Crippen LogP contribution is -2.17. The van der Waals surface area contributed by atoms with Crippen LogP contribution in [0.1, 0.15) is 17.5 Å². The molecule has 0 unspecified atom stereocenters. The van der Waals surface area contributed by atoms with Crippen molar-refractivity contribution in [3.05, 3.63) is 90.1 Å². The summed E-state index contributed by atoms with van der Waals surface area (Å²) in [7, 11) is 0. The summed E-state index contributed by atoms with van der Waals surface area (Å²) in [6.45, 7) is 2.99. The van der Waals surface area contributed by atoms with Crippen LogP contribution in [0.4, 0.5) is 0 Å². The Morgan fingerprint density at radius 2 is 1.58 bits per heavy atom. The fraction of sp³-hybridized carbons (Fsp3) is 0.227. The maximum absolute atomic E-state index is 5.80. The highest BCUT2D eigenvalue weighted by molar-refractivity contribution is 5.27. The van der Waals surface area contributed by atoms with Gasteiger partial charge in [0.25, 0.3) is 0 Å². The molecule has 0 aliphatic heterocycles. The van der Waals surface area contributed by atoms with Crippen molar-refractivity contribution in [2.24, 2.45) is 0 Å². The lowest BCUT2D eigenvalue weighted by molar-refractivity contribution is 0.296. The Labute approximate surface area is 154 Å². The van der Waals surface area contributed by atoms with Crippen LogP contribution < -0.4 is 14.8 Å². The molecule has 1 aromatic heterocycles. The number of benzene rings is 2. The summed E-state index contributed by atoms with van der Waals surface area (Å²) in [6.07, 6.45) is 2.68. The van der Waals surface area contributed by atoms with Crippen molar-refractivity contribution in [3.63, 3.8) is 0 Å². The SMILES string of the molecule is c1ccc(COc2ccc(CNCCCOc3ccccn3)cc2)cc1. The minimum Gasteiger partial charge on any atom is -0.489 e. The molecule has 0 atom stereocenters. The largest absolute Gasteiger partial charge is 0.489 e. The van der Waals surface area contributed by atoms with E-state index in [1.165, 1.54) is 11.1 Å². The number of aromatic nitrogens is 1. The molecule has 0 aliphatic carbocycles. The van der Waals surface area contributed by atoms with Gasteiger partial charge >= 0.3 is 0 Å². The van der Waals surface area contributed by atoms with E-state index < -0.39 is 0 Å². The Balaban J connectivity index is 1.30. The molecule has 26 heavy (non-hydrogen) atoms. The Kier molecular flexibility index (Phi) is 7.05. The second-order valence-electron chi connectivity index (χ2n) is 5.96. The first-order valence-corrected chi connectivity index (χ1v) is 8.90. The van der Waals surface area contributed by atoms with Crippen molar-refractivity contribution in [2.45, 2.75) is 19.6 Å². The predicted octanol–water partition coefficient (Wildman–Crippen LogP) is 4.22. The summed E-state index contributed by atoms with van der Waals surface area (Å²) in [6, 6.07) is 24.1. The van der Waals surface area contributed by atoms with Crippen LogP contribution in [0, 0.1) is 0 Å². The Hall–Kier alpha value is -2.85. The number of hydrogen-bond acceptors (Lipinski definition) is 4. The number of rotatable bonds is 10. The lowest BCUT2D eigenvalue weighted by Gasteiger charge is -2.09. The third kappa shape index (κ3) is 6.22. The van der Waals surface area contributed by atoms with E-state index in [2.05, 4.69) is 34.6 Å². The Bertz CT molecular complexity index is 746. The van der Waals surface area contributed by atoms with Crippen LogP contribution in [0.25, 0.3) is 0 Å². The summed E-state index contributed by atoms with van der Waals surface area (Å²) in [5, 5.41) is 3.42. The molecule has 4 nitrogen and oxygen atoms in total. The number of ether oxygens (including phenoxy) is 2. The van der Waals surface area contributed by atoms with Crippen molar-refractivity contribution >= 4 is 0 Å². The summed E-state index contributed by atoms with van der Waals surface area (Å²) >= 11 is 0. The van der Waals surface area contributed by atoms with Gasteiger partial charge in [-0.05, 0) is 42.3 Å². The summed E-state index contributed by atoms with van der Waals surface area (Å²) in [5.41, 5.74) is 2.41. The number of hydrogen-bond donors (Lipinski definition) is 1. The van der Waals surface area contributed by atoms with Crippen LogP contribution in [0.2, 0.25) is 0 Å². The zero-order chi connectivity index (χ0) is 17.9. The maximum atomic E-state index is 5.80. The molecule has 0 saturated heterocycles. The summed E-state index contributed by atoms with van der Waals surface area (Å²) < 4.78 is 11.4. The molecule has 134 valence electrons. The zero-order valence-corrected chi connectivity index (χ0v) is 14.8. The van der Waals surface area contributed by atoms with E-state index in [0.717, 1.165) is 25.3 Å². The molecule has 0 aliphatic rings. The third-order valence-electron chi connectivity index (χ3n) is 3.89. The van der Waals surface area contributed by atoms with Gasteiger partial charge in [-0.25, -0.2) is 4.98 Å². The predicted molar refractivity (Wildman–Crippen MR) is 103 cm³/mol. The van der Waals surface area contributed by atoms with E-state index in [1.54, 1.807) is 6.20 Å². The van der Waals surface area contributed by atoms with Crippen molar-refractivity contribution in [1.82, 2.24) is 10.3 Å². The van der Waals surface area contributed by atoms with Gasteiger partial charge in [-0.2, -0.15) is 0 Å². The van der Waals surface area contributed by atoms with Gasteiger partial charge in [-0.1, -0.05) is 48.5 Å². The van der Waals surface area contributed by atoms with Gasteiger partial charge in [0.15, 0.2) is 0 Å². The average Bonchev–Trinajstić information content (AvgIpc) is 2.71. The van der Waals surface area contributed by atoms with Crippen LogP contribution in [0.15, 0.2) is 79.0 Å². The number of nitrogens with one attached hydrogen (secondary N) is 1. The Morgan fingerprint density at radius 3 is 2.35 bits per heavy atom. The van der Waals surface area contributed by atoms with E-state index in [-0.39, 0.29) is 0 Å². The molecule has 0 fully saturated rings. The number of pyridine rings is 1. The minimum absolute atomic E-state index is 0.592. The molecular formula is C22H24N2O2. The highest BCUT2D eigenvalue weighted by Gasteiger charge is 1.98. The van der Waals surface area contributed by atoms with Gasteiger partial charge < -0.3 is 14.8 Å². The van der Waals surface area contributed by atoms with Gasteiger partial charge in [0.1, 0.15) is 12.4 Å². The van der Waals surface area contributed by atoms with Crippen LogP contribution in [0.3, 0.4) is 0 Å². The topological polar surface area (TPSA) is 43.4 Å². The first-order valence-electron chi connectivity index (χ1n) is 8.90. The second-order valence-corrected chi connectivity index (χ2v) is 5.96. The molecule has 4 heteroatoms. The molecule has 0 saturated carbocycles. The molecular weight excluding hydrogens is 324 g/mol. The first kappa shape index (κ1) is 18.0. The molecule has 0 spiro atoms. The van der Waals surface area contributed by atoms with Crippen LogP contribution in [-0.4, -0.2) is 18.1 Å². The van der Waals surface area contributed by atoms with Crippen LogP contribution in [0.5, 0.6) is 11.6 Å². The standard InChI is InChI=1S/C22H24N2O2/c1-2-7-20(8-3-1)18-26-21-12-10-19(11-13-21)17-23-14-6-16-25-22-9-4-5-15-24-22/h1-5,7-13,15,23H,6,14,16-18H2. The van der Waals surface area contributed by atoms with Crippen molar-refractivity contribution in [1.29, 1.82) is 0 Å². The zero-order valence-electron chi connectivity index (χ0n) is 14.8. The van der Waals surface area contributed by atoms with Crippen molar-refractivity contribution in [2.75, 3.05) is 13.2 Å². The second kappa shape index (κ2) is 10.2. The van der Waals surface area contributed by atoms with E-state index in [0.29, 0.717) is 19.1 Å². The smallest absolute Gasteiger partial charge is 0.213 e. The molecule has 0 radical (unpaired) electrons. The van der Waals surface area contributed by atoms with Crippen molar-refractivity contribution < 1.29 is 9.47 Å². The van der Waals surface area contributed by atoms with Gasteiger partial charge in [-0.15, -0.1) is 0 Å². The van der Waals surface area contributed by atoms with Gasteiger partial charge in [-0.3, -0.25) is 0 Å². The van der Waals surface area contributed by atoms with E-state index in [4.69, 9.17) is 9.47 Å². The molecule has 3 aromatic rings. The molecule has 1 N–H and O–H groups in total. The average molecular weight is 348 g/mol. The molecule has 0 bridgehead atoms. The maximum Gasteiger partial charge on any atom is 0.213 e. The highest BCUT2D eigenvalue weighted by atomic mass is 16.5. The Morgan fingerprint density at radius 1 is 0.769 bits per heavy atom. The molecule has 0 amide bonds. The normalized spacial score (nSPS) is 10.5. The number of nitrogens with zero attached hydrogens (tertiary/aromatic N) is 1. The van der Waals surface area contributed by atoms with E-state index >= 15 is 0 Å². The van der Waals surface area contributed by atoms with Crippen LogP contribution >= 0.6 is 0 Å². The van der Waals surface area contributed by atoms with Crippen molar-refractivity contribution in [3.8, 4) is 11.6 Å². The third-order valence-corrected chi connectivity index (χ3v) is 3.89. The van der Waals surface area contributed by atoms with Gasteiger partial charge in [0.2, 0.25) is 5.88 Å². The minimum atomic E-state index is 0.592. The summed E-state index contributed by atoms with van der Waals surface area (Å²) in [5.74, 6) is 1.57. The molecule has 1 heterocycles. The van der Waals surface area contributed by atoms with Gasteiger partial charge in [0.05, 0.1) is 6.61 Å². The van der Waals surface area contributed by atoms with Crippen LogP contribution in [-0.2, 0) is 13.2 Å². The van der Waals surface area contributed by atoms with E-state index in [9.17, 15) is 0 Å². The fourth-order valence-corrected chi connectivity index (χ4v) is 2.48. The highest BCUT2D eigenvalue weighted by Crippen LogP contribution is 2.14.